The van der Waals surface area contributed by atoms with Crippen molar-refractivity contribution < 1.29 is 19.5 Å². The number of thioether (sulfide) groups is 1. The molecular formula is C23H42N2O4S. The summed E-state index contributed by atoms with van der Waals surface area (Å²) in [6.07, 6.45) is 11.8. The second-order valence-electron chi connectivity index (χ2n) is 8.38. The highest BCUT2D eigenvalue weighted by Gasteiger charge is 2.38. The molecule has 0 aliphatic carbocycles. The van der Waals surface area contributed by atoms with E-state index in [1.54, 1.807) is 11.8 Å². The zero-order valence-corrected chi connectivity index (χ0v) is 19.6. The summed E-state index contributed by atoms with van der Waals surface area (Å²) in [7, 11) is 0. The summed E-state index contributed by atoms with van der Waals surface area (Å²) in [5.74, 6) is 1.00. The Labute approximate surface area is 186 Å². The Hall–Kier alpha value is -0.920. The summed E-state index contributed by atoms with van der Waals surface area (Å²) in [5.41, 5.74) is 6.09. The van der Waals surface area contributed by atoms with E-state index in [2.05, 4.69) is 6.92 Å². The molecule has 1 rings (SSSR count). The van der Waals surface area contributed by atoms with E-state index in [1.165, 1.54) is 4.90 Å². The van der Waals surface area contributed by atoms with Crippen LogP contribution in [0.5, 0.6) is 0 Å². The van der Waals surface area contributed by atoms with Crippen LogP contribution in [0.4, 0.5) is 0 Å². The van der Waals surface area contributed by atoms with Gasteiger partial charge in [-0.05, 0) is 44.3 Å². The lowest BCUT2D eigenvalue weighted by Crippen LogP contribution is -2.32. The third-order valence-corrected chi connectivity index (χ3v) is 6.88. The van der Waals surface area contributed by atoms with Crippen LogP contribution >= 0.6 is 11.8 Å². The van der Waals surface area contributed by atoms with Gasteiger partial charge in [0.15, 0.2) is 0 Å². The van der Waals surface area contributed by atoms with Crippen molar-refractivity contribution in [3.63, 3.8) is 0 Å². The van der Waals surface area contributed by atoms with Crippen LogP contribution in [0.1, 0.15) is 96.8 Å². The van der Waals surface area contributed by atoms with Gasteiger partial charge in [-0.1, -0.05) is 39.0 Å². The van der Waals surface area contributed by atoms with E-state index in [1.807, 2.05) is 0 Å². The van der Waals surface area contributed by atoms with Crippen LogP contribution in [0, 0.1) is 0 Å². The molecular weight excluding hydrogens is 400 g/mol. The number of likely N-dealkylation sites (tertiary alicyclic amines) is 1. The molecule has 2 atom stereocenters. The molecule has 30 heavy (non-hydrogen) atoms. The molecule has 1 heterocycles. The Balaban J connectivity index is 2.12. The van der Waals surface area contributed by atoms with Crippen molar-refractivity contribution in [2.24, 2.45) is 5.73 Å². The Bertz CT molecular complexity index is 515. The fraction of sp³-hybridized carbons (Fsp3) is 0.870. The first kappa shape index (κ1) is 27.1. The quantitative estimate of drug-likeness (QED) is 0.233. The number of nitrogens with two attached hydrogens (primary N) is 1. The second kappa shape index (κ2) is 16.7. The number of rotatable bonds is 19. The normalized spacial score (nSPS) is 17.7. The van der Waals surface area contributed by atoms with Crippen LogP contribution in [-0.4, -0.2) is 57.8 Å². The predicted molar refractivity (Wildman–Crippen MR) is 123 cm³/mol. The van der Waals surface area contributed by atoms with Gasteiger partial charge in [-0.2, -0.15) is 0 Å². The van der Waals surface area contributed by atoms with E-state index in [0.717, 1.165) is 76.4 Å². The number of imide groups is 1. The standard InChI is InChI=1S/C23H42N2O4S/c1-2-3-11-19(24)14-17-30-21-18-22(28)25(23(21)29)15-9-6-8-13-20(27)12-7-4-5-10-16-26/h19,21,26H,2-18,24H2,1H3. The first-order chi connectivity index (χ1) is 14.5. The summed E-state index contributed by atoms with van der Waals surface area (Å²) >= 11 is 1.57. The number of nitrogens with zero attached hydrogens (tertiary/aromatic N) is 1. The number of ketones is 1. The summed E-state index contributed by atoms with van der Waals surface area (Å²) < 4.78 is 0. The molecule has 1 saturated heterocycles. The van der Waals surface area contributed by atoms with Crippen LogP contribution in [0.3, 0.4) is 0 Å². The number of aliphatic hydroxyl groups excluding tert-OH is 1. The number of hydrogen-bond acceptors (Lipinski definition) is 6. The van der Waals surface area contributed by atoms with Gasteiger partial charge in [0.2, 0.25) is 11.8 Å². The third kappa shape index (κ3) is 11.5. The predicted octanol–water partition coefficient (Wildman–Crippen LogP) is 3.83. The average molecular weight is 443 g/mol. The van der Waals surface area contributed by atoms with Gasteiger partial charge in [-0.25, -0.2) is 0 Å². The van der Waals surface area contributed by atoms with E-state index >= 15 is 0 Å². The minimum Gasteiger partial charge on any atom is -0.396 e. The molecule has 7 heteroatoms. The number of unbranched alkanes of at least 4 members (excludes halogenated alkanes) is 6. The molecule has 0 bridgehead atoms. The Morgan fingerprint density at radius 2 is 1.73 bits per heavy atom. The van der Waals surface area contributed by atoms with E-state index in [4.69, 9.17) is 10.8 Å². The fourth-order valence-electron chi connectivity index (χ4n) is 3.67. The second-order valence-corrected chi connectivity index (χ2v) is 9.69. The minimum atomic E-state index is -0.247. The number of carbonyl (C=O) groups excluding carboxylic acids is 3. The first-order valence-corrected chi connectivity index (χ1v) is 12.9. The first-order valence-electron chi connectivity index (χ1n) is 11.8. The topological polar surface area (TPSA) is 101 Å². The number of hydrogen-bond donors (Lipinski definition) is 2. The molecule has 1 aliphatic rings. The monoisotopic (exact) mass is 442 g/mol. The summed E-state index contributed by atoms with van der Waals surface area (Å²) in [6, 6.07) is 0.184. The maximum Gasteiger partial charge on any atom is 0.242 e. The Morgan fingerprint density at radius 3 is 2.40 bits per heavy atom. The molecule has 0 aromatic rings. The van der Waals surface area contributed by atoms with Crippen molar-refractivity contribution in [3.05, 3.63) is 0 Å². The van der Waals surface area contributed by atoms with Crippen LogP contribution in [0.15, 0.2) is 0 Å². The maximum atomic E-state index is 12.5. The SMILES string of the molecule is CCCCC(N)CCSC1CC(=O)N(CCCCCC(=O)CCCCCCO)C1=O. The van der Waals surface area contributed by atoms with Crippen molar-refractivity contribution >= 4 is 29.4 Å². The van der Waals surface area contributed by atoms with E-state index in [9.17, 15) is 14.4 Å². The molecule has 0 aromatic heterocycles. The van der Waals surface area contributed by atoms with Crippen LogP contribution in [0.2, 0.25) is 0 Å². The largest absolute Gasteiger partial charge is 0.396 e. The Kier molecular flexibility index (Phi) is 15.1. The van der Waals surface area contributed by atoms with Gasteiger partial charge in [-0.3, -0.25) is 19.3 Å². The van der Waals surface area contributed by atoms with Gasteiger partial charge >= 0.3 is 0 Å². The number of carbonyl (C=O) groups is 3. The lowest BCUT2D eigenvalue weighted by molar-refractivity contribution is -0.138. The molecule has 1 fully saturated rings. The van der Waals surface area contributed by atoms with Gasteiger partial charge in [0.1, 0.15) is 5.78 Å². The highest BCUT2D eigenvalue weighted by molar-refractivity contribution is 8.00. The van der Waals surface area contributed by atoms with Crippen LogP contribution < -0.4 is 5.73 Å². The van der Waals surface area contributed by atoms with Crippen molar-refractivity contribution in [2.45, 2.75) is 108 Å². The highest BCUT2D eigenvalue weighted by atomic mass is 32.2. The zero-order valence-electron chi connectivity index (χ0n) is 18.8. The maximum absolute atomic E-state index is 12.5. The van der Waals surface area contributed by atoms with Crippen molar-refractivity contribution in [1.29, 1.82) is 0 Å². The molecule has 0 aromatic carbocycles. The smallest absolute Gasteiger partial charge is 0.242 e. The van der Waals surface area contributed by atoms with E-state index < -0.39 is 0 Å². The van der Waals surface area contributed by atoms with E-state index in [-0.39, 0.29) is 29.7 Å². The highest BCUT2D eigenvalue weighted by Crippen LogP contribution is 2.26. The lowest BCUT2D eigenvalue weighted by Gasteiger charge is -2.15. The lowest BCUT2D eigenvalue weighted by atomic mass is 10.1. The zero-order chi connectivity index (χ0) is 22.2. The minimum absolute atomic E-state index is 0.0499. The van der Waals surface area contributed by atoms with Gasteiger partial charge in [0.05, 0.1) is 5.25 Å². The molecule has 3 N–H and O–H groups in total. The molecule has 1 aliphatic heterocycles. The number of Topliss-reactive ketones (excluding diaryl/α,β-unsaturated/α-hetero) is 1. The van der Waals surface area contributed by atoms with Crippen LogP contribution in [0.25, 0.3) is 0 Å². The average Bonchev–Trinajstić information content (AvgIpc) is 2.99. The molecule has 2 unspecified atom stereocenters. The molecule has 0 saturated carbocycles. The van der Waals surface area contributed by atoms with Gasteiger partial charge in [-0.15, -0.1) is 11.8 Å². The van der Waals surface area contributed by atoms with Crippen molar-refractivity contribution in [2.75, 3.05) is 18.9 Å². The summed E-state index contributed by atoms with van der Waals surface area (Å²) in [6.45, 7) is 2.85. The van der Waals surface area contributed by atoms with E-state index in [0.29, 0.717) is 31.6 Å². The molecule has 6 nitrogen and oxygen atoms in total. The molecule has 174 valence electrons. The molecule has 0 spiro atoms. The number of amides is 2. The van der Waals surface area contributed by atoms with Gasteiger partial charge in [0.25, 0.3) is 0 Å². The van der Waals surface area contributed by atoms with Crippen molar-refractivity contribution in [1.82, 2.24) is 4.90 Å². The Morgan fingerprint density at radius 1 is 1.07 bits per heavy atom. The molecule has 2 amide bonds. The fourth-order valence-corrected chi connectivity index (χ4v) is 4.93. The number of aliphatic hydroxyl groups is 1. The van der Waals surface area contributed by atoms with Crippen LogP contribution in [-0.2, 0) is 14.4 Å². The summed E-state index contributed by atoms with van der Waals surface area (Å²) in [5, 5.41) is 8.49. The molecule has 0 radical (unpaired) electrons. The van der Waals surface area contributed by atoms with Gasteiger partial charge < -0.3 is 10.8 Å². The third-order valence-electron chi connectivity index (χ3n) is 5.64. The van der Waals surface area contributed by atoms with Crippen molar-refractivity contribution in [3.8, 4) is 0 Å². The summed E-state index contributed by atoms with van der Waals surface area (Å²) in [4.78, 5) is 38.0. The van der Waals surface area contributed by atoms with Gasteiger partial charge in [0, 0.05) is 38.5 Å².